The number of aliphatic imine (C=N–C) groups is 1. The molecule has 0 spiro atoms. The molecule has 0 N–H and O–H groups in total. The molecular formula is C17H20N6O2S. The molecule has 4 rings (SSSR count). The fraction of sp³-hybridized carbons (Fsp3) is 0.471. The van der Waals surface area contributed by atoms with Crippen molar-refractivity contribution in [1.82, 2.24) is 20.0 Å². The van der Waals surface area contributed by atoms with Gasteiger partial charge in [-0.05, 0) is 26.0 Å². The van der Waals surface area contributed by atoms with Gasteiger partial charge >= 0.3 is 0 Å². The lowest BCUT2D eigenvalue weighted by atomic mass is 9.90. The van der Waals surface area contributed by atoms with Crippen LogP contribution in [0.4, 0.5) is 5.13 Å². The average molecular weight is 372 g/mol. The SMILES string of the molecule is Cc1nnc(N2CCN(C(=O)C3(C)CC(=O)N=C4C=CC=CN43)CC2)s1. The zero-order chi connectivity index (χ0) is 18.3. The predicted molar refractivity (Wildman–Crippen MR) is 99.0 cm³/mol. The summed E-state index contributed by atoms with van der Waals surface area (Å²) in [5.74, 6) is 0.240. The summed E-state index contributed by atoms with van der Waals surface area (Å²) in [6, 6.07) is 0. The number of amidine groups is 1. The van der Waals surface area contributed by atoms with E-state index in [-0.39, 0.29) is 18.2 Å². The molecule has 3 aliphatic heterocycles. The molecule has 4 heterocycles. The maximum absolute atomic E-state index is 13.3. The molecular weight excluding hydrogens is 352 g/mol. The monoisotopic (exact) mass is 372 g/mol. The normalized spacial score (nSPS) is 25.4. The van der Waals surface area contributed by atoms with Gasteiger partial charge in [-0.2, -0.15) is 4.99 Å². The van der Waals surface area contributed by atoms with Crippen molar-refractivity contribution < 1.29 is 9.59 Å². The number of rotatable bonds is 2. The first-order valence-corrected chi connectivity index (χ1v) is 9.39. The molecule has 1 unspecified atom stereocenters. The Hall–Kier alpha value is -2.55. The van der Waals surface area contributed by atoms with Crippen molar-refractivity contribution >= 4 is 34.1 Å². The first-order chi connectivity index (χ1) is 12.5. The number of hydrogen-bond donors (Lipinski definition) is 0. The number of aryl methyl sites for hydroxylation is 1. The van der Waals surface area contributed by atoms with Crippen molar-refractivity contribution in [2.24, 2.45) is 4.99 Å². The molecule has 0 aromatic carbocycles. The maximum Gasteiger partial charge on any atom is 0.250 e. The van der Waals surface area contributed by atoms with Gasteiger partial charge < -0.3 is 14.7 Å². The lowest BCUT2D eigenvalue weighted by Gasteiger charge is -2.45. The molecule has 1 fully saturated rings. The van der Waals surface area contributed by atoms with E-state index in [0.717, 1.165) is 10.1 Å². The number of carbonyl (C=O) groups is 2. The largest absolute Gasteiger partial charge is 0.343 e. The van der Waals surface area contributed by atoms with Crippen LogP contribution in [0.1, 0.15) is 18.4 Å². The van der Waals surface area contributed by atoms with Crippen LogP contribution in [0.15, 0.2) is 29.4 Å². The Labute approximate surface area is 155 Å². The van der Waals surface area contributed by atoms with Crippen LogP contribution < -0.4 is 4.90 Å². The lowest BCUT2D eigenvalue weighted by molar-refractivity contribution is -0.144. The molecule has 1 atom stereocenters. The summed E-state index contributed by atoms with van der Waals surface area (Å²) in [7, 11) is 0. The van der Waals surface area contributed by atoms with E-state index in [4.69, 9.17) is 0 Å². The lowest BCUT2D eigenvalue weighted by Crippen LogP contribution is -2.63. The van der Waals surface area contributed by atoms with Gasteiger partial charge in [-0.3, -0.25) is 9.59 Å². The first kappa shape index (κ1) is 16.9. The second-order valence-electron chi connectivity index (χ2n) is 6.77. The van der Waals surface area contributed by atoms with Crippen molar-refractivity contribution in [3.05, 3.63) is 29.4 Å². The van der Waals surface area contributed by atoms with E-state index in [0.29, 0.717) is 32.0 Å². The highest BCUT2D eigenvalue weighted by Crippen LogP contribution is 2.30. The van der Waals surface area contributed by atoms with Crippen molar-refractivity contribution in [1.29, 1.82) is 0 Å². The summed E-state index contributed by atoms with van der Waals surface area (Å²) < 4.78 is 0. The molecule has 8 nitrogen and oxygen atoms in total. The van der Waals surface area contributed by atoms with Gasteiger partial charge in [0, 0.05) is 32.4 Å². The standard InChI is InChI=1S/C17H20N6O2S/c1-12-19-20-16(26-12)22-9-7-21(8-10-22)15(25)17(2)11-14(24)18-13-5-3-4-6-23(13)17/h3-6H,7-11H2,1-2H3. The third-order valence-corrected chi connectivity index (χ3v) is 5.82. The maximum atomic E-state index is 13.3. The molecule has 0 bridgehead atoms. The minimum Gasteiger partial charge on any atom is -0.343 e. The number of nitrogens with zero attached hydrogens (tertiary/aromatic N) is 6. The van der Waals surface area contributed by atoms with Gasteiger partial charge in [-0.15, -0.1) is 10.2 Å². The van der Waals surface area contributed by atoms with Crippen molar-refractivity contribution in [2.75, 3.05) is 31.1 Å². The Morgan fingerprint density at radius 3 is 2.65 bits per heavy atom. The molecule has 2 amide bonds. The first-order valence-electron chi connectivity index (χ1n) is 8.57. The zero-order valence-electron chi connectivity index (χ0n) is 14.8. The Morgan fingerprint density at radius 2 is 1.96 bits per heavy atom. The number of amides is 2. The molecule has 0 radical (unpaired) electrons. The molecule has 0 aliphatic carbocycles. The molecule has 1 aromatic heterocycles. The van der Waals surface area contributed by atoms with E-state index >= 15 is 0 Å². The van der Waals surface area contributed by atoms with Crippen LogP contribution in [0.5, 0.6) is 0 Å². The van der Waals surface area contributed by atoms with E-state index in [2.05, 4.69) is 20.1 Å². The van der Waals surface area contributed by atoms with Crippen LogP contribution >= 0.6 is 11.3 Å². The van der Waals surface area contributed by atoms with Gasteiger partial charge in [0.2, 0.25) is 11.0 Å². The summed E-state index contributed by atoms with van der Waals surface area (Å²) >= 11 is 1.56. The topological polar surface area (TPSA) is 82.0 Å². The molecule has 0 saturated carbocycles. The van der Waals surface area contributed by atoms with Crippen molar-refractivity contribution in [3.63, 3.8) is 0 Å². The van der Waals surface area contributed by atoms with E-state index < -0.39 is 5.54 Å². The van der Waals surface area contributed by atoms with Gasteiger partial charge in [0.15, 0.2) is 0 Å². The molecule has 1 saturated heterocycles. The van der Waals surface area contributed by atoms with Gasteiger partial charge in [-0.1, -0.05) is 17.4 Å². The number of fused-ring (bicyclic) bond motifs is 1. The second kappa shape index (κ2) is 6.31. The fourth-order valence-electron chi connectivity index (χ4n) is 3.52. The van der Waals surface area contributed by atoms with Crippen LogP contribution in [0.25, 0.3) is 0 Å². The third-order valence-electron chi connectivity index (χ3n) is 4.92. The summed E-state index contributed by atoms with van der Waals surface area (Å²) in [6.45, 7) is 6.37. The minimum absolute atomic E-state index is 0.0358. The number of piperazine rings is 1. The van der Waals surface area contributed by atoms with Crippen LogP contribution in [0.2, 0.25) is 0 Å². The molecule has 9 heteroatoms. The number of aromatic nitrogens is 2. The number of allylic oxidation sites excluding steroid dienone is 2. The van der Waals surface area contributed by atoms with Crippen LogP contribution in [0.3, 0.4) is 0 Å². The van der Waals surface area contributed by atoms with Crippen molar-refractivity contribution in [2.45, 2.75) is 25.8 Å². The Balaban J connectivity index is 1.49. The highest BCUT2D eigenvalue weighted by Gasteiger charge is 2.47. The van der Waals surface area contributed by atoms with Gasteiger partial charge in [0.1, 0.15) is 16.4 Å². The molecule has 136 valence electrons. The van der Waals surface area contributed by atoms with E-state index in [9.17, 15) is 9.59 Å². The molecule has 1 aromatic rings. The average Bonchev–Trinajstić information content (AvgIpc) is 3.07. The van der Waals surface area contributed by atoms with Gasteiger partial charge in [0.25, 0.3) is 5.91 Å². The Morgan fingerprint density at radius 1 is 1.19 bits per heavy atom. The Kier molecular flexibility index (Phi) is 4.10. The minimum atomic E-state index is -0.934. The van der Waals surface area contributed by atoms with E-state index in [1.165, 1.54) is 0 Å². The third kappa shape index (κ3) is 2.82. The summed E-state index contributed by atoms with van der Waals surface area (Å²) in [5, 5.41) is 10.1. The fourth-order valence-corrected chi connectivity index (χ4v) is 4.26. The summed E-state index contributed by atoms with van der Waals surface area (Å²) in [6.07, 6.45) is 7.35. The number of hydrogen-bond acceptors (Lipinski definition) is 7. The Bertz CT molecular complexity index is 836. The quantitative estimate of drug-likeness (QED) is 0.769. The summed E-state index contributed by atoms with van der Waals surface area (Å²) in [4.78, 5) is 35.3. The highest BCUT2D eigenvalue weighted by atomic mass is 32.1. The van der Waals surface area contributed by atoms with Crippen molar-refractivity contribution in [3.8, 4) is 0 Å². The number of anilines is 1. The predicted octanol–water partition coefficient (Wildman–Crippen LogP) is 0.968. The zero-order valence-corrected chi connectivity index (χ0v) is 15.6. The van der Waals surface area contributed by atoms with Crippen LogP contribution in [-0.2, 0) is 9.59 Å². The highest BCUT2D eigenvalue weighted by molar-refractivity contribution is 7.15. The van der Waals surface area contributed by atoms with Crippen LogP contribution in [-0.4, -0.2) is 69.4 Å². The van der Waals surface area contributed by atoms with E-state index in [1.54, 1.807) is 17.4 Å². The second-order valence-corrected chi connectivity index (χ2v) is 7.93. The molecule has 26 heavy (non-hydrogen) atoms. The smallest absolute Gasteiger partial charge is 0.250 e. The van der Waals surface area contributed by atoms with E-state index in [1.807, 2.05) is 42.0 Å². The van der Waals surface area contributed by atoms with Crippen LogP contribution in [0, 0.1) is 6.92 Å². The number of carbonyl (C=O) groups excluding carboxylic acids is 2. The summed E-state index contributed by atoms with van der Waals surface area (Å²) in [5.41, 5.74) is -0.934. The van der Waals surface area contributed by atoms with Gasteiger partial charge in [0.05, 0.1) is 6.42 Å². The molecule has 3 aliphatic rings. The van der Waals surface area contributed by atoms with Gasteiger partial charge in [-0.25, -0.2) is 0 Å².